The van der Waals surface area contributed by atoms with Crippen LogP contribution in [0, 0.1) is 5.92 Å². The molecule has 0 bridgehead atoms. The number of aryl methyl sites for hydroxylation is 1. The van der Waals surface area contributed by atoms with E-state index in [1.54, 1.807) is 46.5 Å². The van der Waals surface area contributed by atoms with Crippen LogP contribution in [0.1, 0.15) is 28.1 Å². The number of benzene rings is 1. The van der Waals surface area contributed by atoms with Gasteiger partial charge in [0.05, 0.1) is 5.75 Å². The van der Waals surface area contributed by atoms with Crippen LogP contribution in [0.3, 0.4) is 0 Å². The molecule has 1 saturated heterocycles. The van der Waals surface area contributed by atoms with Crippen molar-refractivity contribution in [1.29, 1.82) is 0 Å². The molecule has 0 spiro atoms. The summed E-state index contributed by atoms with van der Waals surface area (Å²) in [5.74, 6) is 0.443. The summed E-state index contributed by atoms with van der Waals surface area (Å²) in [5, 5.41) is 16.5. The summed E-state index contributed by atoms with van der Waals surface area (Å²) in [6.07, 6.45) is 3.77. The predicted molar refractivity (Wildman–Crippen MR) is 131 cm³/mol. The molecule has 0 radical (unpaired) electrons. The van der Waals surface area contributed by atoms with E-state index in [0.717, 1.165) is 32.5 Å². The van der Waals surface area contributed by atoms with Crippen molar-refractivity contribution >= 4 is 40.6 Å². The van der Waals surface area contributed by atoms with E-state index in [0.29, 0.717) is 28.9 Å². The molecule has 0 atom stereocenters. The third-order valence-corrected chi connectivity index (χ3v) is 7.52. The predicted octanol–water partition coefficient (Wildman–Crippen LogP) is 3.25. The van der Waals surface area contributed by atoms with Crippen molar-refractivity contribution in [2.24, 2.45) is 13.0 Å². The number of anilines is 1. The molecule has 10 heteroatoms. The first-order valence-electron chi connectivity index (χ1n) is 11.0. The molecule has 174 valence electrons. The maximum Gasteiger partial charge on any atom is 0.251 e. The van der Waals surface area contributed by atoms with Crippen molar-refractivity contribution in [2.45, 2.75) is 24.5 Å². The van der Waals surface area contributed by atoms with Crippen molar-refractivity contribution in [3.05, 3.63) is 58.5 Å². The van der Waals surface area contributed by atoms with E-state index in [1.807, 2.05) is 7.05 Å². The number of hydrogen-bond acceptors (Lipinski definition) is 7. The van der Waals surface area contributed by atoms with Gasteiger partial charge in [0.25, 0.3) is 5.91 Å². The molecule has 0 unspecified atom stereocenters. The van der Waals surface area contributed by atoms with E-state index in [4.69, 9.17) is 0 Å². The number of thiophene rings is 1. The van der Waals surface area contributed by atoms with E-state index >= 15 is 0 Å². The molecule has 1 aliphatic rings. The summed E-state index contributed by atoms with van der Waals surface area (Å²) in [5.41, 5.74) is 1.15. The fourth-order valence-corrected chi connectivity index (χ4v) is 5.21. The first-order chi connectivity index (χ1) is 16.1. The van der Waals surface area contributed by atoms with Crippen LogP contribution in [0.5, 0.6) is 0 Å². The Labute approximate surface area is 201 Å². The van der Waals surface area contributed by atoms with Crippen LogP contribution < -0.4 is 10.6 Å². The van der Waals surface area contributed by atoms with Crippen LogP contribution in [0.2, 0.25) is 0 Å². The molecule has 0 saturated carbocycles. The Balaban J connectivity index is 1.20. The molecule has 1 fully saturated rings. The number of carbonyl (C=O) groups excluding carboxylic acids is 2. The minimum absolute atomic E-state index is 0.111. The van der Waals surface area contributed by atoms with E-state index in [9.17, 15) is 9.59 Å². The summed E-state index contributed by atoms with van der Waals surface area (Å²) < 4.78 is 1.76. The van der Waals surface area contributed by atoms with E-state index in [1.165, 1.54) is 16.6 Å². The van der Waals surface area contributed by atoms with Crippen molar-refractivity contribution in [3.63, 3.8) is 0 Å². The molecule has 2 amide bonds. The average molecular weight is 485 g/mol. The van der Waals surface area contributed by atoms with Gasteiger partial charge in [-0.25, -0.2) is 0 Å². The topological polar surface area (TPSA) is 92.1 Å². The maximum atomic E-state index is 12.7. The number of thioether (sulfide) groups is 1. The Bertz CT molecular complexity index is 1060. The Hall–Kier alpha value is -2.69. The molecule has 1 aliphatic heterocycles. The van der Waals surface area contributed by atoms with Gasteiger partial charge >= 0.3 is 0 Å². The number of likely N-dealkylation sites (tertiary alicyclic amines) is 1. The number of amides is 2. The minimum atomic E-state index is -0.158. The Morgan fingerprint density at radius 1 is 1.21 bits per heavy atom. The first-order valence-corrected chi connectivity index (χ1v) is 12.8. The lowest BCUT2D eigenvalue weighted by Crippen LogP contribution is -2.38. The molecule has 0 aliphatic carbocycles. The highest BCUT2D eigenvalue weighted by atomic mass is 32.2. The highest BCUT2D eigenvalue weighted by Gasteiger charge is 2.20. The molecular weight excluding hydrogens is 456 g/mol. The molecule has 3 aromatic rings. The van der Waals surface area contributed by atoms with Gasteiger partial charge in [-0.3, -0.25) is 14.5 Å². The third kappa shape index (κ3) is 6.89. The fraction of sp³-hybridized carbons (Fsp3) is 0.391. The van der Waals surface area contributed by atoms with Gasteiger partial charge in [0, 0.05) is 36.3 Å². The van der Waals surface area contributed by atoms with Gasteiger partial charge in [-0.1, -0.05) is 23.9 Å². The van der Waals surface area contributed by atoms with E-state index in [2.05, 4.69) is 43.2 Å². The van der Waals surface area contributed by atoms with Gasteiger partial charge in [0.2, 0.25) is 5.91 Å². The number of hydrogen-bond donors (Lipinski definition) is 2. The lowest BCUT2D eigenvalue weighted by atomic mass is 9.96. The van der Waals surface area contributed by atoms with Crippen molar-refractivity contribution in [1.82, 2.24) is 25.0 Å². The first kappa shape index (κ1) is 23.5. The van der Waals surface area contributed by atoms with E-state index in [-0.39, 0.29) is 17.6 Å². The zero-order valence-corrected chi connectivity index (χ0v) is 20.2. The Morgan fingerprint density at radius 2 is 2.06 bits per heavy atom. The molecule has 2 aromatic heterocycles. The van der Waals surface area contributed by atoms with Crippen LogP contribution in [0.4, 0.5) is 5.69 Å². The summed E-state index contributed by atoms with van der Waals surface area (Å²) in [6.45, 7) is 3.82. The highest BCUT2D eigenvalue weighted by Crippen LogP contribution is 2.20. The molecular formula is C23H28N6O2S2. The van der Waals surface area contributed by atoms with Crippen molar-refractivity contribution < 1.29 is 9.59 Å². The second kappa shape index (κ2) is 11.4. The quantitative estimate of drug-likeness (QED) is 0.453. The minimum Gasteiger partial charge on any atom is -0.352 e. The highest BCUT2D eigenvalue weighted by molar-refractivity contribution is 7.99. The monoisotopic (exact) mass is 484 g/mol. The number of carbonyl (C=O) groups is 2. The summed E-state index contributed by atoms with van der Waals surface area (Å²) in [6, 6.07) is 11.3. The van der Waals surface area contributed by atoms with Gasteiger partial charge in [0.1, 0.15) is 6.33 Å². The normalized spacial score (nSPS) is 14.8. The van der Waals surface area contributed by atoms with Crippen LogP contribution in [-0.2, 0) is 18.4 Å². The van der Waals surface area contributed by atoms with Crippen molar-refractivity contribution in [2.75, 3.05) is 30.7 Å². The Morgan fingerprint density at radius 3 is 2.79 bits per heavy atom. The smallest absolute Gasteiger partial charge is 0.251 e. The number of rotatable bonds is 9. The Kier molecular flexibility index (Phi) is 8.14. The molecule has 8 nitrogen and oxygen atoms in total. The van der Waals surface area contributed by atoms with Gasteiger partial charge in [-0.2, -0.15) is 0 Å². The number of nitrogens with one attached hydrogen (secondary N) is 2. The van der Waals surface area contributed by atoms with E-state index < -0.39 is 0 Å². The molecule has 1 aromatic carbocycles. The lowest BCUT2D eigenvalue weighted by molar-refractivity contribution is -0.113. The molecule has 3 heterocycles. The van der Waals surface area contributed by atoms with Crippen molar-refractivity contribution in [3.8, 4) is 0 Å². The molecule has 2 N–H and O–H groups in total. The third-order valence-electron chi connectivity index (χ3n) is 5.63. The van der Waals surface area contributed by atoms with Crippen LogP contribution in [0.15, 0.2) is 53.3 Å². The largest absolute Gasteiger partial charge is 0.352 e. The van der Waals surface area contributed by atoms with Gasteiger partial charge < -0.3 is 15.2 Å². The zero-order chi connectivity index (χ0) is 23.0. The number of aromatic nitrogens is 3. The SMILES string of the molecule is Cn1cnnc1SCC(=O)Nc1cccc(C(=O)NCC2CCN(Cc3cccs3)CC2)c1. The van der Waals surface area contributed by atoms with Gasteiger partial charge in [0.15, 0.2) is 5.16 Å². The molecule has 33 heavy (non-hydrogen) atoms. The van der Waals surface area contributed by atoms with Crippen LogP contribution >= 0.6 is 23.1 Å². The summed E-state index contributed by atoms with van der Waals surface area (Å²) in [4.78, 5) is 28.8. The maximum absolute atomic E-state index is 12.7. The average Bonchev–Trinajstić information content (AvgIpc) is 3.48. The molecule has 4 rings (SSSR count). The fourth-order valence-electron chi connectivity index (χ4n) is 3.78. The van der Waals surface area contributed by atoms with Crippen LogP contribution in [0.25, 0.3) is 0 Å². The summed E-state index contributed by atoms with van der Waals surface area (Å²) in [7, 11) is 1.83. The second-order valence-corrected chi connectivity index (χ2v) is 10.1. The number of piperidine rings is 1. The zero-order valence-electron chi connectivity index (χ0n) is 18.6. The second-order valence-electron chi connectivity index (χ2n) is 8.15. The number of nitrogens with zero attached hydrogens (tertiary/aromatic N) is 4. The lowest BCUT2D eigenvalue weighted by Gasteiger charge is -2.31. The summed E-state index contributed by atoms with van der Waals surface area (Å²) >= 11 is 3.12. The standard InChI is InChI=1S/C23H28N6O2S2/c1-28-16-25-27-23(28)33-15-21(30)26-19-5-2-4-18(12-19)22(31)24-13-17-7-9-29(10-8-17)14-20-6-3-11-32-20/h2-6,11-12,16-17H,7-10,13-15H2,1H3,(H,24,31)(H,26,30). The van der Waals surface area contributed by atoms with Gasteiger partial charge in [-0.15, -0.1) is 21.5 Å². The van der Waals surface area contributed by atoms with Crippen LogP contribution in [-0.4, -0.2) is 56.9 Å². The van der Waals surface area contributed by atoms with Gasteiger partial charge in [-0.05, 0) is 61.5 Å².